The van der Waals surface area contributed by atoms with Gasteiger partial charge in [0.2, 0.25) is 0 Å². The summed E-state index contributed by atoms with van der Waals surface area (Å²) in [4.78, 5) is 4.07. The Morgan fingerprint density at radius 1 is 1.28 bits per heavy atom. The van der Waals surface area contributed by atoms with Crippen molar-refractivity contribution in [3.8, 4) is 6.07 Å². The lowest BCUT2D eigenvalue weighted by Gasteiger charge is -2.09. The third kappa shape index (κ3) is 3.08. The molecule has 18 heavy (non-hydrogen) atoms. The van der Waals surface area contributed by atoms with Crippen LogP contribution in [0.1, 0.15) is 11.1 Å². The van der Waals surface area contributed by atoms with E-state index < -0.39 is 0 Å². The van der Waals surface area contributed by atoms with Crippen molar-refractivity contribution in [2.24, 2.45) is 0 Å². The largest absolute Gasteiger partial charge is 0.384 e. The first-order valence-electron chi connectivity index (χ1n) is 5.62. The lowest BCUT2D eigenvalue weighted by molar-refractivity contribution is 1.00. The van der Waals surface area contributed by atoms with Crippen LogP contribution in [0.3, 0.4) is 0 Å². The van der Waals surface area contributed by atoms with Gasteiger partial charge in [0, 0.05) is 23.4 Å². The summed E-state index contributed by atoms with van der Waals surface area (Å²) in [6.45, 7) is 0.775. The third-order valence-corrected chi connectivity index (χ3v) is 3.24. The molecule has 0 amide bonds. The molecule has 0 radical (unpaired) electrons. The summed E-state index contributed by atoms with van der Waals surface area (Å²) < 4.78 is 0.816. The van der Waals surface area contributed by atoms with Gasteiger partial charge < -0.3 is 5.32 Å². The minimum atomic E-state index is 0.642. The highest BCUT2D eigenvalue weighted by Crippen LogP contribution is 2.23. The predicted molar refractivity (Wildman–Crippen MR) is 75.3 cm³/mol. The molecule has 1 aromatic heterocycles. The second kappa shape index (κ2) is 6.18. The standard InChI is InChI=1S/C14H12BrN3/c15-13-4-1-5-14(12(13)9-16)18-8-6-11-3-2-7-17-10-11/h1-5,7,10,18H,6,8H2. The molecule has 0 atom stereocenters. The average Bonchev–Trinajstić information content (AvgIpc) is 2.40. The van der Waals surface area contributed by atoms with E-state index in [2.05, 4.69) is 32.3 Å². The molecule has 4 heteroatoms. The number of nitrogens with one attached hydrogen (secondary N) is 1. The molecule has 0 aliphatic heterocycles. The molecule has 0 bridgehead atoms. The van der Waals surface area contributed by atoms with Gasteiger partial charge in [0.1, 0.15) is 6.07 Å². The van der Waals surface area contributed by atoms with Crippen molar-refractivity contribution in [3.05, 3.63) is 58.3 Å². The van der Waals surface area contributed by atoms with E-state index in [1.165, 1.54) is 5.56 Å². The van der Waals surface area contributed by atoms with Crippen LogP contribution in [-0.2, 0) is 6.42 Å². The van der Waals surface area contributed by atoms with Gasteiger partial charge in [-0.3, -0.25) is 4.98 Å². The smallest absolute Gasteiger partial charge is 0.103 e. The summed E-state index contributed by atoms with van der Waals surface area (Å²) in [6.07, 6.45) is 4.50. The maximum Gasteiger partial charge on any atom is 0.103 e. The SMILES string of the molecule is N#Cc1c(Br)cccc1NCCc1cccnc1. The highest BCUT2D eigenvalue weighted by Gasteiger charge is 2.04. The van der Waals surface area contributed by atoms with Crippen molar-refractivity contribution < 1.29 is 0 Å². The van der Waals surface area contributed by atoms with Gasteiger partial charge in [0.15, 0.2) is 0 Å². The number of nitrogens with zero attached hydrogens (tertiary/aromatic N) is 2. The molecule has 1 aromatic carbocycles. The molecule has 90 valence electrons. The van der Waals surface area contributed by atoms with Crippen LogP contribution in [0.15, 0.2) is 47.2 Å². The quantitative estimate of drug-likeness (QED) is 0.942. The Kier molecular flexibility index (Phi) is 4.32. The topological polar surface area (TPSA) is 48.7 Å². The van der Waals surface area contributed by atoms with Gasteiger partial charge in [0.05, 0.1) is 11.3 Å². The summed E-state index contributed by atoms with van der Waals surface area (Å²) in [5, 5.41) is 12.4. The summed E-state index contributed by atoms with van der Waals surface area (Å²) in [7, 11) is 0. The molecular formula is C14H12BrN3. The van der Waals surface area contributed by atoms with Gasteiger partial charge in [0.25, 0.3) is 0 Å². The maximum absolute atomic E-state index is 9.09. The van der Waals surface area contributed by atoms with Gasteiger partial charge in [-0.05, 0) is 46.1 Å². The molecule has 1 heterocycles. The minimum Gasteiger partial charge on any atom is -0.384 e. The number of hydrogen-bond donors (Lipinski definition) is 1. The van der Waals surface area contributed by atoms with Crippen LogP contribution in [0, 0.1) is 11.3 Å². The van der Waals surface area contributed by atoms with E-state index in [1.54, 1.807) is 6.20 Å². The van der Waals surface area contributed by atoms with Gasteiger partial charge >= 0.3 is 0 Å². The highest BCUT2D eigenvalue weighted by molar-refractivity contribution is 9.10. The zero-order chi connectivity index (χ0) is 12.8. The minimum absolute atomic E-state index is 0.642. The van der Waals surface area contributed by atoms with Crippen LogP contribution in [-0.4, -0.2) is 11.5 Å². The first-order chi connectivity index (χ1) is 8.81. The van der Waals surface area contributed by atoms with Gasteiger partial charge in [-0.2, -0.15) is 5.26 Å². The fourth-order valence-corrected chi connectivity index (χ4v) is 2.13. The van der Waals surface area contributed by atoms with Crippen LogP contribution in [0.2, 0.25) is 0 Å². The molecule has 0 aliphatic rings. The van der Waals surface area contributed by atoms with Crippen LogP contribution < -0.4 is 5.32 Å². The molecule has 2 aromatic rings. The van der Waals surface area contributed by atoms with Crippen molar-refractivity contribution in [2.75, 3.05) is 11.9 Å². The number of anilines is 1. The molecule has 0 spiro atoms. The summed E-state index contributed by atoms with van der Waals surface area (Å²) >= 11 is 3.37. The molecule has 1 N–H and O–H groups in total. The Balaban J connectivity index is 1.99. The van der Waals surface area contributed by atoms with Crippen molar-refractivity contribution in [1.82, 2.24) is 4.98 Å². The van der Waals surface area contributed by atoms with E-state index in [0.29, 0.717) is 5.56 Å². The van der Waals surface area contributed by atoms with Crippen molar-refractivity contribution in [2.45, 2.75) is 6.42 Å². The van der Waals surface area contributed by atoms with Crippen LogP contribution in [0.5, 0.6) is 0 Å². The maximum atomic E-state index is 9.09. The Hall–Kier alpha value is -1.86. The van der Waals surface area contributed by atoms with Crippen molar-refractivity contribution in [3.63, 3.8) is 0 Å². The van der Waals surface area contributed by atoms with E-state index in [1.807, 2.05) is 36.5 Å². The Labute approximate surface area is 115 Å². The summed E-state index contributed by atoms with van der Waals surface area (Å²) in [5.74, 6) is 0. The fraction of sp³-hybridized carbons (Fsp3) is 0.143. The number of rotatable bonds is 4. The second-order valence-corrected chi connectivity index (χ2v) is 4.67. The third-order valence-electron chi connectivity index (χ3n) is 2.58. The Morgan fingerprint density at radius 2 is 2.17 bits per heavy atom. The molecule has 0 unspecified atom stereocenters. The number of nitriles is 1. The molecule has 0 saturated heterocycles. The molecule has 3 nitrogen and oxygen atoms in total. The summed E-state index contributed by atoms with van der Waals surface area (Å²) in [6, 6.07) is 11.8. The lowest BCUT2D eigenvalue weighted by Crippen LogP contribution is -2.06. The number of pyridine rings is 1. The fourth-order valence-electron chi connectivity index (χ4n) is 1.67. The van der Waals surface area contributed by atoms with E-state index in [-0.39, 0.29) is 0 Å². The molecule has 0 fully saturated rings. The van der Waals surface area contributed by atoms with E-state index >= 15 is 0 Å². The molecule has 2 rings (SSSR count). The number of hydrogen-bond acceptors (Lipinski definition) is 3. The second-order valence-electron chi connectivity index (χ2n) is 3.81. The monoisotopic (exact) mass is 301 g/mol. The van der Waals surface area contributed by atoms with Gasteiger partial charge in [-0.1, -0.05) is 12.1 Å². The first kappa shape index (κ1) is 12.6. The number of benzene rings is 1. The first-order valence-corrected chi connectivity index (χ1v) is 6.42. The van der Waals surface area contributed by atoms with Gasteiger partial charge in [-0.15, -0.1) is 0 Å². The lowest BCUT2D eigenvalue weighted by atomic mass is 10.1. The van der Waals surface area contributed by atoms with Gasteiger partial charge in [-0.25, -0.2) is 0 Å². The Bertz CT molecular complexity index is 561. The molecule has 0 aliphatic carbocycles. The summed E-state index contributed by atoms with van der Waals surface area (Å²) in [5.41, 5.74) is 2.68. The van der Waals surface area contributed by atoms with E-state index in [0.717, 1.165) is 23.1 Å². The average molecular weight is 302 g/mol. The number of aromatic nitrogens is 1. The number of halogens is 1. The Morgan fingerprint density at radius 3 is 2.89 bits per heavy atom. The zero-order valence-corrected chi connectivity index (χ0v) is 11.3. The predicted octanol–water partition coefficient (Wildman–Crippen LogP) is 3.37. The van der Waals surface area contributed by atoms with Crippen molar-refractivity contribution >= 4 is 21.6 Å². The van der Waals surface area contributed by atoms with E-state index in [4.69, 9.17) is 5.26 Å². The van der Waals surface area contributed by atoms with Crippen molar-refractivity contribution in [1.29, 1.82) is 5.26 Å². The van der Waals surface area contributed by atoms with Crippen LogP contribution in [0.4, 0.5) is 5.69 Å². The highest BCUT2D eigenvalue weighted by atomic mass is 79.9. The molecule has 0 saturated carbocycles. The van der Waals surface area contributed by atoms with Crippen LogP contribution >= 0.6 is 15.9 Å². The molecular weight excluding hydrogens is 290 g/mol. The normalized spacial score (nSPS) is 9.78. The zero-order valence-electron chi connectivity index (χ0n) is 9.73. The van der Waals surface area contributed by atoms with Crippen LogP contribution in [0.25, 0.3) is 0 Å². The van der Waals surface area contributed by atoms with E-state index in [9.17, 15) is 0 Å².